The topological polar surface area (TPSA) is 76.7 Å². The fourth-order valence-corrected chi connectivity index (χ4v) is 1.86. The van der Waals surface area contributed by atoms with Gasteiger partial charge in [0, 0.05) is 19.5 Å². The van der Waals surface area contributed by atoms with Crippen LogP contribution in [0.2, 0.25) is 0 Å². The maximum Gasteiger partial charge on any atom is 0.258 e. The smallest absolute Gasteiger partial charge is 0.258 e. The van der Waals surface area contributed by atoms with Gasteiger partial charge in [-0.25, -0.2) is 0 Å². The van der Waals surface area contributed by atoms with E-state index >= 15 is 0 Å². The molecular weight excluding hydrogens is 272 g/mol. The van der Waals surface area contributed by atoms with Crippen molar-refractivity contribution in [1.29, 1.82) is 0 Å². The SMILES string of the molecule is CCCC(=O)NCCNC(=O)c1c(OC)cccc1OC. The average Bonchev–Trinajstić information content (AvgIpc) is 2.50. The maximum absolute atomic E-state index is 12.2. The van der Waals surface area contributed by atoms with Crippen molar-refractivity contribution in [3.05, 3.63) is 23.8 Å². The van der Waals surface area contributed by atoms with Crippen LogP contribution in [0.5, 0.6) is 11.5 Å². The van der Waals surface area contributed by atoms with Gasteiger partial charge < -0.3 is 20.1 Å². The predicted molar refractivity (Wildman–Crippen MR) is 79.8 cm³/mol. The standard InChI is InChI=1S/C15H22N2O4/c1-4-6-13(18)16-9-10-17-15(19)14-11(20-2)7-5-8-12(14)21-3/h5,7-8H,4,6,9-10H2,1-3H3,(H,16,18)(H,17,19). The molecule has 2 amide bonds. The van der Waals surface area contributed by atoms with Crippen molar-refractivity contribution in [1.82, 2.24) is 10.6 Å². The molecule has 0 saturated heterocycles. The number of hydrogen-bond acceptors (Lipinski definition) is 4. The summed E-state index contributed by atoms with van der Waals surface area (Å²) in [7, 11) is 2.99. The fourth-order valence-electron chi connectivity index (χ4n) is 1.86. The van der Waals surface area contributed by atoms with Gasteiger partial charge in [0.25, 0.3) is 5.91 Å². The molecule has 0 spiro atoms. The summed E-state index contributed by atoms with van der Waals surface area (Å²) in [5, 5.41) is 5.46. The van der Waals surface area contributed by atoms with Crippen LogP contribution in [0.4, 0.5) is 0 Å². The van der Waals surface area contributed by atoms with E-state index in [4.69, 9.17) is 9.47 Å². The summed E-state index contributed by atoms with van der Waals surface area (Å²) < 4.78 is 10.3. The second-order valence-electron chi connectivity index (χ2n) is 4.39. The van der Waals surface area contributed by atoms with Crippen LogP contribution in [0.3, 0.4) is 0 Å². The first-order valence-electron chi connectivity index (χ1n) is 6.89. The molecule has 0 radical (unpaired) electrons. The van der Waals surface area contributed by atoms with E-state index < -0.39 is 0 Å². The molecule has 0 unspecified atom stereocenters. The number of carbonyl (C=O) groups is 2. The number of hydrogen-bond donors (Lipinski definition) is 2. The predicted octanol–water partition coefficient (Wildman–Crippen LogP) is 1.35. The van der Waals surface area contributed by atoms with Gasteiger partial charge in [-0.15, -0.1) is 0 Å². The Hall–Kier alpha value is -2.24. The number of nitrogens with one attached hydrogen (secondary N) is 2. The average molecular weight is 294 g/mol. The molecule has 0 aliphatic heterocycles. The molecular formula is C15H22N2O4. The quantitative estimate of drug-likeness (QED) is 0.710. The molecule has 0 aliphatic carbocycles. The second kappa shape index (κ2) is 8.84. The van der Waals surface area contributed by atoms with E-state index in [0.29, 0.717) is 36.6 Å². The van der Waals surface area contributed by atoms with Crippen molar-refractivity contribution in [3.63, 3.8) is 0 Å². The van der Waals surface area contributed by atoms with Crippen molar-refractivity contribution in [2.45, 2.75) is 19.8 Å². The lowest BCUT2D eigenvalue weighted by atomic mass is 10.1. The van der Waals surface area contributed by atoms with Gasteiger partial charge >= 0.3 is 0 Å². The number of amides is 2. The summed E-state index contributed by atoms with van der Waals surface area (Å²) in [5.74, 6) is 0.583. The molecule has 0 bridgehead atoms. The molecule has 21 heavy (non-hydrogen) atoms. The molecule has 116 valence electrons. The number of ether oxygens (including phenoxy) is 2. The first-order chi connectivity index (χ1) is 10.1. The van der Waals surface area contributed by atoms with Crippen molar-refractivity contribution in [2.24, 2.45) is 0 Å². The van der Waals surface area contributed by atoms with Crippen LogP contribution in [-0.2, 0) is 4.79 Å². The van der Waals surface area contributed by atoms with Crippen LogP contribution >= 0.6 is 0 Å². The van der Waals surface area contributed by atoms with Gasteiger partial charge in [-0.1, -0.05) is 13.0 Å². The van der Waals surface area contributed by atoms with Gasteiger partial charge in [-0.2, -0.15) is 0 Å². The summed E-state index contributed by atoms with van der Waals surface area (Å²) in [6.07, 6.45) is 1.30. The Morgan fingerprint density at radius 1 is 1.05 bits per heavy atom. The minimum atomic E-state index is -0.297. The zero-order valence-corrected chi connectivity index (χ0v) is 12.7. The van der Waals surface area contributed by atoms with E-state index in [9.17, 15) is 9.59 Å². The summed E-state index contributed by atoms with van der Waals surface area (Å²) in [6, 6.07) is 5.14. The molecule has 1 aromatic rings. The Labute approximate surface area is 124 Å². The lowest BCUT2D eigenvalue weighted by Crippen LogP contribution is -2.34. The Kier molecular flexibility index (Phi) is 7.08. The monoisotopic (exact) mass is 294 g/mol. The van der Waals surface area contributed by atoms with E-state index in [-0.39, 0.29) is 11.8 Å². The highest BCUT2D eigenvalue weighted by Gasteiger charge is 2.17. The van der Waals surface area contributed by atoms with Crippen LogP contribution in [-0.4, -0.2) is 39.1 Å². The molecule has 6 heteroatoms. The van der Waals surface area contributed by atoms with E-state index in [1.807, 2.05) is 6.92 Å². The Morgan fingerprint density at radius 3 is 2.14 bits per heavy atom. The molecule has 6 nitrogen and oxygen atoms in total. The van der Waals surface area contributed by atoms with E-state index in [1.165, 1.54) is 14.2 Å². The molecule has 0 aromatic heterocycles. The minimum Gasteiger partial charge on any atom is -0.496 e. The van der Waals surface area contributed by atoms with Crippen molar-refractivity contribution in [3.8, 4) is 11.5 Å². The van der Waals surface area contributed by atoms with Gasteiger partial charge in [0.1, 0.15) is 17.1 Å². The van der Waals surface area contributed by atoms with E-state index in [2.05, 4.69) is 10.6 Å². The van der Waals surface area contributed by atoms with E-state index in [0.717, 1.165) is 6.42 Å². The van der Waals surface area contributed by atoms with Crippen LogP contribution in [0.15, 0.2) is 18.2 Å². The maximum atomic E-state index is 12.2. The van der Waals surface area contributed by atoms with Gasteiger partial charge in [-0.05, 0) is 18.6 Å². The molecule has 2 N–H and O–H groups in total. The molecule has 0 heterocycles. The highest BCUT2D eigenvalue weighted by molar-refractivity contribution is 5.99. The minimum absolute atomic E-state index is 0.0124. The Morgan fingerprint density at radius 2 is 1.62 bits per heavy atom. The van der Waals surface area contributed by atoms with Crippen LogP contribution < -0.4 is 20.1 Å². The fraction of sp³-hybridized carbons (Fsp3) is 0.467. The Balaban J connectivity index is 2.58. The number of rotatable bonds is 8. The second-order valence-corrected chi connectivity index (χ2v) is 4.39. The molecule has 0 atom stereocenters. The van der Waals surface area contributed by atoms with Crippen LogP contribution in [0, 0.1) is 0 Å². The van der Waals surface area contributed by atoms with E-state index in [1.54, 1.807) is 18.2 Å². The lowest BCUT2D eigenvalue weighted by molar-refractivity contribution is -0.121. The first-order valence-corrected chi connectivity index (χ1v) is 6.89. The van der Waals surface area contributed by atoms with Gasteiger partial charge in [-0.3, -0.25) is 9.59 Å². The molecule has 0 fully saturated rings. The van der Waals surface area contributed by atoms with Gasteiger partial charge in [0.05, 0.1) is 14.2 Å². The zero-order chi connectivity index (χ0) is 15.7. The van der Waals surface area contributed by atoms with Crippen molar-refractivity contribution < 1.29 is 19.1 Å². The molecule has 0 aliphatic rings. The third kappa shape index (κ3) is 4.98. The highest BCUT2D eigenvalue weighted by Crippen LogP contribution is 2.27. The molecule has 0 saturated carbocycles. The van der Waals surface area contributed by atoms with Crippen molar-refractivity contribution in [2.75, 3.05) is 27.3 Å². The normalized spacial score (nSPS) is 9.86. The largest absolute Gasteiger partial charge is 0.496 e. The van der Waals surface area contributed by atoms with Gasteiger partial charge in [0.15, 0.2) is 0 Å². The number of benzene rings is 1. The Bertz CT molecular complexity index is 466. The third-order valence-electron chi connectivity index (χ3n) is 2.86. The lowest BCUT2D eigenvalue weighted by Gasteiger charge is -2.13. The highest BCUT2D eigenvalue weighted by atomic mass is 16.5. The summed E-state index contributed by atoms with van der Waals surface area (Å²) in [5.41, 5.74) is 0.349. The first kappa shape index (κ1) is 16.8. The zero-order valence-electron chi connectivity index (χ0n) is 12.7. The summed E-state index contributed by atoms with van der Waals surface area (Å²) in [6.45, 7) is 2.67. The number of methoxy groups -OCH3 is 2. The van der Waals surface area contributed by atoms with Crippen LogP contribution in [0.25, 0.3) is 0 Å². The number of carbonyl (C=O) groups excluding carboxylic acids is 2. The molecule has 1 aromatic carbocycles. The van der Waals surface area contributed by atoms with Gasteiger partial charge in [0.2, 0.25) is 5.91 Å². The summed E-state index contributed by atoms with van der Waals surface area (Å²) in [4.78, 5) is 23.5. The van der Waals surface area contributed by atoms with Crippen LogP contribution in [0.1, 0.15) is 30.1 Å². The summed E-state index contributed by atoms with van der Waals surface area (Å²) >= 11 is 0. The van der Waals surface area contributed by atoms with Crippen molar-refractivity contribution >= 4 is 11.8 Å². The third-order valence-corrected chi connectivity index (χ3v) is 2.86. The molecule has 1 rings (SSSR count).